The Morgan fingerprint density at radius 2 is 1.95 bits per heavy atom. The number of anilines is 2. The Morgan fingerprint density at radius 1 is 1.12 bits per heavy atom. The molecule has 1 aliphatic heterocycles. The van der Waals surface area contributed by atoms with Gasteiger partial charge < -0.3 is 19.9 Å². The highest BCUT2D eigenvalue weighted by Crippen LogP contribution is 2.30. The second kappa shape index (κ2) is 11.5. The minimum absolute atomic E-state index is 0. The monoisotopic (exact) mass is 554 g/mol. The van der Waals surface area contributed by atoms with E-state index in [4.69, 9.17) is 4.74 Å². The maximum atomic E-state index is 15.0. The Labute approximate surface area is 236 Å². The standard InChI is InChI=1S/C29H36F2N8O.2H2/c1-18(2)39-19(3)35-27-22(30)12-21(13-24(27)39)26-23(31)15-34-28(37-26)36-25-7-6-20(14-33-25)16-38-10-11-40-29(4,17-38)8-9-32-5;;/h6-7,12-15,18,32H,8-11,16-17H2,1-5H3,(H,33,34,36,37);2*1H. The van der Waals surface area contributed by atoms with Crippen molar-refractivity contribution in [3.05, 3.63) is 59.7 Å². The molecule has 1 fully saturated rings. The largest absolute Gasteiger partial charge is 0.373 e. The highest BCUT2D eigenvalue weighted by Gasteiger charge is 2.31. The van der Waals surface area contributed by atoms with Crippen LogP contribution in [-0.2, 0) is 11.3 Å². The van der Waals surface area contributed by atoms with Gasteiger partial charge in [-0.25, -0.2) is 28.7 Å². The quantitative estimate of drug-likeness (QED) is 0.281. The van der Waals surface area contributed by atoms with Gasteiger partial charge in [0.1, 0.15) is 22.9 Å². The number of nitrogens with one attached hydrogen (secondary N) is 2. The summed E-state index contributed by atoms with van der Waals surface area (Å²) in [6.45, 7) is 12.1. The third kappa shape index (κ3) is 5.96. The van der Waals surface area contributed by atoms with Crippen LogP contribution in [0.1, 0.15) is 47.5 Å². The van der Waals surface area contributed by atoms with Crippen LogP contribution in [0.2, 0.25) is 0 Å². The van der Waals surface area contributed by atoms with E-state index < -0.39 is 11.6 Å². The Bertz CT molecular complexity index is 1500. The first kappa shape index (κ1) is 28.0. The number of rotatable bonds is 9. The number of hydrogen-bond donors (Lipinski definition) is 2. The molecule has 0 amide bonds. The van der Waals surface area contributed by atoms with Crippen LogP contribution < -0.4 is 10.6 Å². The molecule has 0 aliphatic carbocycles. The molecule has 11 heteroatoms. The van der Waals surface area contributed by atoms with Gasteiger partial charge in [0, 0.05) is 40.3 Å². The normalized spacial score (nSPS) is 18.1. The van der Waals surface area contributed by atoms with E-state index in [1.54, 1.807) is 6.07 Å². The first-order chi connectivity index (χ1) is 19.2. The summed E-state index contributed by atoms with van der Waals surface area (Å²) in [5.41, 5.74) is 2.06. The molecule has 9 nitrogen and oxygen atoms in total. The van der Waals surface area contributed by atoms with Crippen LogP contribution in [0.5, 0.6) is 0 Å². The van der Waals surface area contributed by atoms with E-state index >= 15 is 0 Å². The number of imidazole rings is 1. The van der Waals surface area contributed by atoms with Crippen molar-refractivity contribution in [1.29, 1.82) is 0 Å². The number of nitrogens with zero attached hydrogens (tertiary/aromatic N) is 6. The summed E-state index contributed by atoms with van der Waals surface area (Å²) in [6, 6.07) is 6.89. The minimum atomic E-state index is -0.646. The first-order valence-electron chi connectivity index (χ1n) is 13.6. The number of ether oxygens (including phenoxy) is 1. The predicted octanol–water partition coefficient (Wildman–Crippen LogP) is 5.49. The van der Waals surface area contributed by atoms with Crippen molar-refractivity contribution in [2.24, 2.45) is 0 Å². The molecule has 0 spiro atoms. The molecular formula is C29H40F2N8O. The molecule has 216 valence electrons. The van der Waals surface area contributed by atoms with Crippen molar-refractivity contribution in [3.63, 3.8) is 0 Å². The van der Waals surface area contributed by atoms with Gasteiger partial charge in [0.2, 0.25) is 5.95 Å². The average Bonchev–Trinajstić information content (AvgIpc) is 3.26. The summed E-state index contributed by atoms with van der Waals surface area (Å²) in [4.78, 5) is 19.7. The molecule has 1 unspecified atom stereocenters. The molecular weight excluding hydrogens is 514 g/mol. The number of pyridine rings is 1. The SMILES string of the molecule is CNCCC1(C)CN(Cc2ccc(Nc3ncc(F)c(-c4cc(F)c5nc(C)n(C(C)C)c5c4)n3)nc2)CCO1.[HH].[HH]. The summed E-state index contributed by atoms with van der Waals surface area (Å²) in [7, 11) is 1.95. The average molecular weight is 555 g/mol. The maximum absolute atomic E-state index is 15.0. The summed E-state index contributed by atoms with van der Waals surface area (Å²) in [5.74, 6) is 0.212. The fraction of sp³-hybridized carbons (Fsp3) is 0.448. The molecule has 1 aromatic carbocycles. The molecule has 4 aromatic rings. The van der Waals surface area contributed by atoms with Crippen LogP contribution in [0.3, 0.4) is 0 Å². The molecule has 1 atom stereocenters. The van der Waals surface area contributed by atoms with Gasteiger partial charge in [0.25, 0.3) is 0 Å². The summed E-state index contributed by atoms with van der Waals surface area (Å²) in [5, 5.41) is 6.24. The van der Waals surface area contributed by atoms with E-state index in [-0.39, 0.29) is 31.7 Å². The smallest absolute Gasteiger partial charge is 0.229 e. The lowest BCUT2D eigenvalue weighted by Gasteiger charge is -2.40. The van der Waals surface area contributed by atoms with E-state index in [2.05, 4.69) is 42.4 Å². The number of hydrogen-bond acceptors (Lipinski definition) is 8. The highest BCUT2D eigenvalue weighted by molar-refractivity contribution is 5.83. The zero-order valence-corrected chi connectivity index (χ0v) is 23.6. The van der Waals surface area contributed by atoms with Gasteiger partial charge in [-0.1, -0.05) is 6.07 Å². The van der Waals surface area contributed by atoms with E-state index in [0.717, 1.165) is 44.4 Å². The highest BCUT2D eigenvalue weighted by atomic mass is 19.1. The number of fused-ring (bicyclic) bond motifs is 1. The lowest BCUT2D eigenvalue weighted by molar-refractivity contribution is -0.103. The Balaban J connectivity index is 0.00000242. The van der Waals surface area contributed by atoms with Crippen LogP contribution in [0.4, 0.5) is 20.5 Å². The van der Waals surface area contributed by atoms with Crippen LogP contribution in [0, 0.1) is 18.6 Å². The zero-order chi connectivity index (χ0) is 28.4. The molecule has 2 N–H and O–H groups in total. The van der Waals surface area contributed by atoms with Crippen LogP contribution in [0.25, 0.3) is 22.3 Å². The van der Waals surface area contributed by atoms with Crippen molar-refractivity contribution in [1.82, 2.24) is 34.7 Å². The van der Waals surface area contributed by atoms with Gasteiger partial charge in [-0.2, -0.15) is 0 Å². The molecule has 0 bridgehead atoms. The van der Waals surface area contributed by atoms with E-state index in [9.17, 15) is 8.78 Å². The number of halogens is 2. The van der Waals surface area contributed by atoms with E-state index in [1.807, 2.05) is 50.7 Å². The van der Waals surface area contributed by atoms with Crippen molar-refractivity contribution in [2.75, 3.05) is 38.6 Å². The molecule has 4 heterocycles. The van der Waals surface area contributed by atoms with Gasteiger partial charge >= 0.3 is 0 Å². The van der Waals surface area contributed by atoms with Crippen molar-refractivity contribution < 1.29 is 16.4 Å². The second-order valence-corrected chi connectivity index (χ2v) is 10.9. The molecule has 1 aliphatic rings. The van der Waals surface area contributed by atoms with Crippen molar-refractivity contribution in [3.8, 4) is 11.3 Å². The third-order valence-electron chi connectivity index (χ3n) is 7.25. The Kier molecular flexibility index (Phi) is 8.07. The van der Waals surface area contributed by atoms with Crippen LogP contribution in [-0.4, -0.2) is 68.3 Å². The number of benzene rings is 1. The summed E-state index contributed by atoms with van der Waals surface area (Å²) in [6.07, 6.45) is 3.84. The lowest BCUT2D eigenvalue weighted by atomic mass is 9.99. The molecule has 0 saturated carbocycles. The molecule has 40 heavy (non-hydrogen) atoms. The molecule has 0 radical (unpaired) electrons. The summed E-state index contributed by atoms with van der Waals surface area (Å²) < 4.78 is 37.8. The van der Waals surface area contributed by atoms with Gasteiger partial charge in [0.05, 0.1) is 23.9 Å². The van der Waals surface area contributed by atoms with Crippen molar-refractivity contribution in [2.45, 2.75) is 52.3 Å². The van der Waals surface area contributed by atoms with E-state index in [0.29, 0.717) is 29.3 Å². The predicted molar refractivity (Wildman–Crippen MR) is 156 cm³/mol. The summed E-state index contributed by atoms with van der Waals surface area (Å²) >= 11 is 0. The maximum Gasteiger partial charge on any atom is 0.229 e. The van der Waals surface area contributed by atoms with E-state index in [1.165, 1.54) is 6.07 Å². The van der Waals surface area contributed by atoms with Crippen LogP contribution in [0.15, 0.2) is 36.7 Å². The van der Waals surface area contributed by atoms with Crippen molar-refractivity contribution >= 4 is 22.8 Å². The van der Waals surface area contributed by atoms with Gasteiger partial charge in [-0.05, 0) is 71.5 Å². The molecule has 1 saturated heterocycles. The number of morpholine rings is 1. The minimum Gasteiger partial charge on any atom is -0.373 e. The fourth-order valence-corrected chi connectivity index (χ4v) is 5.35. The van der Waals surface area contributed by atoms with Crippen LogP contribution >= 0.6 is 0 Å². The number of aromatic nitrogens is 5. The molecule has 3 aromatic heterocycles. The first-order valence-corrected chi connectivity index (χ1v) is 13.6. The van der Waals surface area contributed by atoms with Gasteiger partial charge in [0.15, 0.2) is 11.6 Å². The lowest BCUT2D eigenvalue weighted by Crippen LogP contribution is -2.50. The second-order valence-electron chi connectivity index (χ2n) is 10.9. The molecule has 5 rings (SSSR count). The topological polar surface area (TPSA) is 93.0 Å². The fourth-order valence-electron chi connectivity index (χ4n) is 5.35. The third-order valence-corrected chi connectivity index (χ3v) is 7.25. The zero-order valence-electron chi connectivity index (χ0n) is 23.6. The van der Waals surface area contributed by atoms with Gasteiger partial charge in [-0.15, -0.1) is 0 Å². The Hall–Kier alpha value is -3.54. The number of aryl methyl sites for hydroxylation is 1. The Morgan fingerprint density at radius 3 is 2.67 bits per heavy atom. The van der Waals surface area contributed by atoms with Gasteiger partial charge in [-0.3, -0.25) is 4.90 Å².